The first kappa shape index (κ1) is 21.6. The van der Waals surface area contributed by atoms with Gasteiger partial charge in [-0.2, -0.15) is 0 Å². The Bertz CT molecular complexity index is 1300. The molecular formula is C27H29N3O3. The molecule has 4 aromatic rings. The molecule has 0 N–H and O–H groups in total. The summed E-state index contributed by atoms with van der Waals surface area (Å²) in [6, 6.07) is 16.2. The van der Waals surface area contributed by atoms with Gasteiger partial charge in [-0.1, -0.05) is 36.4 Å². The van der Waals surface area contributed by atoms with E-state index < -0.39 is 11.8 Å². The van der Waals surface area contributed by atoms with Gasteiger partial charge in [0, 0.05) is 47.3 Å². The number of para-hydroxylation sites is 2. The standard InChI is InChI=1S/C27H29N3O3/c1-28(2)13-19-14-30-16-23(21-8-4-6-10-27(21)30)25(18-32)24(17-31)22-15-29(11-12-33-19)26-9-5-3-7-20(22)26/h3-10,15-19,24-25H,11-14H2,1-2H3/t19?,24-,25?/m0/s1. The zero-order chi connectivity index (χ0) is 22.9. The average molecular weight is 444 g/mol. The van der Waals surface area contributed by atoms with Crippen molar-refractivity contribution < 1.29 is 14.3 Å². The summed E-state index contributed by atoms with van der Waals surface area (Å²) < 4.78 is 10.7. The smallest absolute Gasteiger partial charge is 0.128 e. The number of nitrogens with zero attached hydrogens (tertiary/aromatic N) is 3. The van der Waals surface area contributed by atoms with Crippen molar-refractivity contribution in [2.75, 3.05) is 27.2 Å². The number of carbonyl (C=O) groups excluding carboxylic acids is 2. The molecule has 0 spiro atoms. The highest BCUT2D eigenvalue weighted by molar-refractivity contribution is 5.93. The van der Waals surface area contributed by atoms with E-state index in [0.717, 1.165) is 52.0 Å². The first-order valence-corrected chi connectivity index (χ1v) is 11.4. The topological polar surface area (TPSA) is 56.5 Å². The van der Waals surface area contributed by atoms with Crippen LogP contribution in [-0.4, -0.2) is 60.0 Å². The number of aromatic nitrogens is 2. The number of likely N-dealkylation sites (N-methyl/N-ethyl adjacent to an activating group) is 1. The molecule has 3 atom stereocenters. The third-order valence-electron chi connectivity index (χ3n) is 6.69. The van der Waals surface area contributed by atoms with E-state index in [1.54, 1.807) is 0 Å². The lowest BCUT2D eigenvalue weighted by Crippen LogP contribution is -2.32. The SMILES string of the molecule is CN(C)CC1Cn2cc(c3ccccc32)C(C=O)[C@@H](C=O)c2cn(c3ccccc23)CCO1. The molecule has 0 radical (unpaired) electrons. The summed E-state index contributed by atoms with van der Waals surface area (Å²) in [5.74, 6) is -1.13. The Labute approximate surface area is 193 Å². The van der Waals surface area contributed by atoms with Crippen LogP contribution < -0.4 is 0 Å². The molecule has 0 saturated carbocycles. The van der Waals surface area contributed by atoms with Crippen molar-refractivity contribution in [3.63, 3.8) is 0 Å². The Kier molecular flexibility index (Phi) is 5.87. The van der Waals surface area contributed by atoms with E-state index in [1.807, 2.05) is 62.9 Å². The molecular weight excluding hydrogens is 414 g/mol. The third kappa shape index (κ3) is 3.90. The molecule has 2 aromatic carbocycles. The number of hydrogen-bond acceptors (Lipinski definition) is 4. The Morgan fingerprint density at radius 1 is 0.879 bits per heavy atom. The fourth-order valence-corrected chi connectivity index (χ4v) is 5.23. The maximum absolute atomic E-state index is 12.5. The van der Waals surface area contributed by atoms with Gasteiger partial charge < -0.3 is 28.4 Å². The number of hydrogen-bond donors (Lipinski definition) is 0. The second kappa shape index (κ2) is 8.96. The highest BCUT2D eigenvalue weighted by Gasteiger charge is 2.30. The van der Waals surface area contributed by atoms with Crippen molar-refractivity contribution in [2.45, 2.75) is 31.0 Å². The summed E-state index contributed by atoms with van der Waals surface area (Å²) in [5.41, 5.74) is 3.88. The molecule has 4 bridgehead atoms. The molecule has 1 aliphatic heterocycles. The van der Waals surface area contributed by atoms with E-state index >= 15 is 0 Å². The number of ether oxygens (including phenoxy) is 1. The summed E-state index contributed by atoms with van der Waals surface area (Å²) in [5, 5.41) is 2.01. The molecule has 33 heavy (non-hydrogen) atoms. The first-order chi connectivity index (χ1) is 16.1. The van der Waals surface area contributed by atoms with Gasteiger partial charge in [0.1, 0.15) is 12.6 Å². The summed E-state index contributed by atoms with van der Waals surface area (Å²) in [6.45, 7) is 2.70. The van der Waals surface area contributed by atoms with Gasteiger partial charge in [0.05, 0.1) is 31.1 Å². The summed E-state index contributed by atoms with van der Waals surface area (Å²) in [4.78, 5) is 27.1. The van der Waals surface area contributed by atoms with Crippen LogP contribution in [0.15, 0.2) is 60.9 Å². The molecule has 2 aromatic heterocycles. The van der Waals surface area contributed by atoms with E-state index in [4.69, 9.17) is 4.74 Å². The van der Waals surface area contributed by atoms with Crippen molar-refractivity contribution in [1.82, 2.24) is 14.0 Å². The van der Waals surface area contributed by atoms with Gasteiger partial charge in [0.25, 0.3) is 0 Å². The van der Waals surface area contributed by atoms with E-state index in [2.05, 4.69) is 26.2 Å². The number of carbonyl (C=O) groups is 2. The number of benzene rings is 2. The van der Waals surface area contributed by atoms with Crippen LogP contribution in [0.25, 0.3) is 21.8 Å². The van der Waals surface area contributed by atoms with Gasteiger partial charge in [0.2, 0.25) is 0 Å². The highest BCUT2D eigenvalue weighted by atomic mass is 16.5. The Morgan fingerprint density at radius 3 is 2.00 bits per heavy atom. The minimum absolute atomic E-state index is 0.0118. The Hall–Kier alpha value is -3.22. The Balaban J connectivity index is 1.73. The quantitative estimate of drug-likeness (QED) is 0.450. The van der Waals surface area contributed by atoms with Crippen LogP contribution in [0, 0.1) is 0 Å². The summed E-state index contributed by atoms with van der Waals surface area (Å²) in [7, 11) is 4.10. The average Bonchev–Trinajstić information content (AvgIpc) is 3.36. The lowest BCUT2D eigenvalue weighted by molar-refractivity contribution is -0.114. The molecule has 0 saturated heterocycles. The molecule has 0 amide bonds. The molecule has 6 nitrogen and oxygen atoms in total. The fourth-order valence-electron chi connectivity index (χ4n) is 5.23. The predicted octanol–water partition coefficient (Wildman–Crippen LogP) is 3.82. The van der Waals surface area contributed by atoms with Crippen LogP contribution in [0.2, 0.25) is 0 Å². The van der Waals surface area contributed by atoms with Gasteiger partial charge in [-0.15, -0.1) is 0 Å². The molecule has 6 heteroatoms. The molecule has 170 valence electrons. The van der Waals surface area contributed by atoms with Crippen LogP contribution in [0.4, 0.5) is 0 Å². The molecule has 1 aliphatic rings. The van der Waals surface area contributed by atoms with Gasteiger partial charge >= 0.3 is 0 Å². The number of rotatable bonds is 4. The van der Waals surface area contributed by atoms with Crippen molar-refractivity contribution in [1.29, 1.82) is 0 Å². The minimum atomic E-state index is -0.568. The monoisotopic (exact) mass is 443 g/mol. The first-order valence-electron chi connectivity index (χ1n) is 11.4. The molecule has 5 rings (SSSR count). The lowest BCUT2D eigenvalue weighted by atomic mass is 9.83. The van der Waals surface area contributed by atoms with Crippen molar-refractivity contribution in [3.8, 4) is 0 Å². The van der Waals surface area contributed by atoms with Crippen molar-refractivity contribution in [2.24, 2.45) is 0 Å². The second-order valence-electron chi connectivity index (χ2n) is 9.13. The molecule has 0 fully saturated rings. The van der Waals surface area contributed by atoms with Gasteiger partial charge in [-0.3, -0.25) is 0 Å². The fraction of sp³-hybridized carbons (Fsp3) is 0.333. The maximum Gasteiger partial charge on any atom is 0.128 e. The van der Waals surface area contributed by atoms with E-state index in [0.29, 0.717) is 19.7 Å². The summed E-state index contributed by atoms with van der Waals surface area (Å²) >= 11 is 0. The van der Waals surface area contributed by atoms with Crippen LogP contribution in [0.1, 0.15) is 23.0 Å². The third-order valence-corrected chi connectivity index (χ3v) is 6.69. The zero-order valence-corrected chi connectivity index (χ0v) is 19.1. The van der Waals surface area contributed by atoms with Gasteiger partial charge in [-0.05, 0) is 37.4 Å². The van der Waals surface area contributed by atoms with Crippen LogP contribution >= 0.6 is 0 Å². The Morgan fingerprint density at radius 2 is 1.42 bits per heavy atom. The zero-order valence-electron chi connectivity index (χ0n) is 19.1. The minimum Gasteiger partial charge on any atom is -0.373 e. The van der Waals surface area contributed by atoms with E-state index in [-0.39, 0.29) is 6.10 Å². The molecule has 3 heterocycles. The van der Waals surface area contributed by atoms with Crippen LogP contribution in [-0.2, 0) is 27.4 Å². The second-order valence-corrected chi connectivity index (χ2v) is 9.13. The largest absolute Gasteiger partial charge is 0.373 e. The van der Waals surface area contributed by atoms with Crippen molar-refractivity contribution >= 4 is 34.4 Å². The molecule has 0 aliphatic carbocycles. The van der Waals surface area contributed by atoms with Crippen molar-refractivity contribution in [3.05, 3.63) is 72.1 Å². The lowest BCUT2D eigenvalue weighted by Gasteiger charge is -2.23. The van der Waals surface area contributed by atoms with Crippen LogP contribution in [0.3, 0.4) is 0 Å². The number of fused-ring (bicyclic) bond motifs is 10. The van der Waals surface area contributed by atoms with E-state index in [9.17, 15) is 9.59 Å². The summed E-state index contributed by atoms with van der Waals surface area (Å²) in [6.07, 6.45) is 5.93. The molecule has 2 unspecified atom stereocenters. The number of aldehydes is 2. The predicted molar refractivity (Wildman–Crippen MR) is 130 cm³/mol. The van der Waals surface area contributed by atoms with Gasteiger partial charge in [-0.25, -0.2) is 0 Å². The van der Waals surface area contributed by atoms with Crippen LogP contribution in [0.5, 0.6) is 0 Å². The van der Waals surface area contributed by atoms with E-state index in [1.165, 1.54) is 0 Å². The highest BCUT2D eigenvalue weighted by Crippen LogP contribution is 2.39. The van der Waals surface area contributed by atoms with Gasteiger partial charge in [0.15, 0.2) is 0 Å². The normalized spacial score (nSPS) is 21.5. The maximum atomic E-state index is 12.5.